The quantitative estimate of drug-likeness (QED) is 0.793. The Morgan fingerprint density at radius 2 is 1.71 bits per heavy atom. The number of hydrogen-bond donors (Lipinski definition) is 0. The fraction of sp³-hybridized carbons (Fsp3) is 0.391. The van der Waals surface area contributed by atoms with Crippen LogP contribution in [0.15, 0.2) is 60.7 Å². The molecule has 0 aromatic heterocycles. The van der Waals surface area contributed by atoms with Gasteiger partial charge in [0.05, 0.1) is 5.92 Å². The van der Waals surface area contributed by atoms with E-state index >= 15 is 0 Å². The van der Waals surface area contributed by atoms with Crippen LogP contribution in [0.25, 0.3) is 0 Å². The summed E-state index contributed by atoms with van der Waals surface area (Å²) in [6, 6.07) is 19.6. The topological polar surface area (TPSA) is 49.9 Å². The molecule has 0 radical (unpaired) electrons. The Bertz CT molecular complexity index is 824. The maximum atomic E-state index is 13.4. The smallest absolute Gasteiger partial charge is 0.417 e. The summed E-state index contributed by atoms with van der Waals surface area (Å²) in [6.45, 7) is 4.73. The molecular weight excluding hydrogens is 352 g/mol. The van der Waals surface area contributed by atoms with Crippen LogP contribution in [0.3, 0.4) is 0 Å². The maximum absolute atomic E-state index is 13.4. The summed E-state index contributed by atoms with van der Waals surface area (Å²) in [5, 5.41) is 0. The molecule has 0 aliphatic carbocycles. The van der Waals surface area contributed by atoms with E-state index in [1.165, 1.54) is 10.5 Å². The lowest BCUT2D eigenvalue weighted by Gasteiger charge is -2.25. The van der Waals surface area contributed by atoms with Gasteiger partial charge in [-0.15, -0.1) is 0 Å². The van der Waals surface area contributed by atoms with Crippen molar-refractivity contribution in [3.05, 3.63) is 71.8 Å². The van der Waals surface area contributed by atoms with Crippen LogP contribution in [0.2, 0.25) is 0 Å². The zero-order valence-electron chi connectivity index (χ0n) is 16.2. The SMILES string of the molecule is CC[C@H]1CN(Cc2ccccc2)C[C@H]1C(=O)N1C(=O)OC[C@@H]1c1ccccc1. The lowest BCUT2D eigenvalue weighted by Crippen LogP contribution is -2.41. The van der Waals surface area contributed by atoms with Gasteiger partial charge in [-0.1, -0.05) is 74.0 Å². The van der Waals surface area contributed by atoms with E-state index in [9.17, 15) is 9.59 Å². The summed E-state index contributed by atoms with van der Waals surface area (Å²) in [5.74, 6) is -0.0228. The summed E-state index contributed by atoms with van der Waals surface area (Å²) < 4.78 is 5.26. The number of likely N-dealkylation sites (tertiary alicyclic amines) is 1. The van der Waals surface area contributed by atoms with Crippen LogP contribution in [-0.4, -0.2) is 41.5 Å². The Balaban J connectivity index is 1.51. The molecular formula is C23H26N2O3. The number of nitrogens with zero attached hydrogens (tertiary/aromatic N) is 2. The van der Waals surface area contributed by atoms with Gasteiger partial charge >= 0.3 is 6.09 Å². The molecule has 3 atom stereocenters. The van der Waals surface area contributed by atoms with Crippen LogP contribution >= 0.6 is 0 Å². The van der Waals surface area contributed by atoms with E-state index in [0.29, 0.717) is 6.54 Å². The number of carbonyl (C=O) groups excluding carboxylic acids is 2. The largest absolute Gasteiger partial charge is 0.446 e. The highest BCUT2D eigenvalue weighted by atomic mass is 16.6. The highest BCUT2D eigenvalue weighted by Crippen LogP contribution is 2.34. The zero-order valence-corrected chi connectivity index (χ0v) is 16.2. The van der Waals surface area contributed by atoms with Gasteiger partial charge in [-0.25, -0.2) is 9.69 Å². The Morgan fingerprint density at radius 1 is 1.04 bits per heavy atom. The monoisotopic (exact) mass is 378 g/mol. The number of benzene rings is 2. The lowest BCUT2D eigenvalue weighted by molar-refractivity contribution is -0.134. The molecule has 0 N–H and O–H groups in total. The summed E-state index contributed by atoms with van der Waals surface area (Å²) in [6.07, 6.45) is 0.399. The van der Waals surface area contributed by atoms with Crippen molar-refractivity contribution in [1.82, 2.24) is 9.80 Å². The van der Waals surface area contributed by atoms with Crippen LogP contribution in [0.5, 0.6) is 0 Å². The predicted octanol–water partition coefficient (Wildman–Crippen LogP) is 3.86. The number of rotatable bonds is 5. The number of imide groups is 1. The van der Waals surface area contributed by atoms with Crippen LogP contribution in [0.1, 0.15) is 30.5 Å². The molecule has 2 amide bonds. The second kappa shape index (κ2) is 8.15. The molecule has 2 aliphatic rings. The van der Waals surface area contributed by atoms with Crippen LogP contribution in [-0.2, 0) is 16.1 Å². The second-order valence-corrected chi connectivity index (χ2v) is 7.67. The average molecular weight is 378 g/mol. The first-order chi connectivity index (χ1) is 13.7. The van der Waals surface area contributed by atoms with Gasteiger partial charge < -0.3 is 4.74 Å². The van der Waals surface area contributed by atoms with Crippen molar-refractivity contribution >= 4 is 12.0 Å². The first-order valence-electron chi connectivity index (χ1n) is 9.98. The van der Waals surface area contributed by atoms with Gasteiger partial charge in [0, 0.05) is 19.6 Å². The Labute approximate surface area is 165 Å². The molecule has 5 heteroatoms. The van der Waals surface area contributed by atoms with E-state index in [4.69, 9.17) is 4.74 Å². The molecule has 0 bridgehead atoms. The van der Waals surface area contributed by atoms with Gasteiger partial charge in [0.1, 0.15) is 12.6 Å². The summed E-state index contributed by atoms with van der Waals surface area (Å²) in [7, 11) is 0. The number of cyclic esters (lactones) is 1. The van der Waals surface area contributed by atoms with E-state index in [0.717, 1.165) is 25.1 Å². The van der Waals surface area contributed by atoms with Gasteiger partial charge in [-0.3, -0.25) is 9.69 Å². The van der Waals surface area contributed by atoms with Crippen molar-refractivity contribution in [1.29, 1.82) is 0 Å². The van der Waals surface area contributed by atoms with Gasteiger partial charge in [-0.05, 0) is 17.0 Å². The molecule has 2 saturated heterocycles. The Hall–Kier alpha value is -2.66. The minimum Gasteiger partial charge on any atom is -0.446 e. The summed E-state index contributed by atoms with van der Waals surface area (Å²) in [5.41, 5.74) is 2.18. The first-order valence-corrected chi connectivity index (χ1v) is 9.98. The minimum atomic E-state index is -0.518. The molecule has 146 valence electrons. The van der Waals surface area contributed by atoms with Crippen molar-refractivity contribution in [2.24, 2.45) is 11.8 Å². The molecule has 2 aromatic carbocycles. The minimum absolute atomic E-state index is 0.0984. The molecule has 2 aromatic rings. The van der Waals surface area contributed by atoms with E-state index in [1.807, 2.05) is 48.5 Å². The third-order valence-electron chi connectivity index (χ3n) is 5.90. The van der Waals surface area contributed by atoms with E-state index in [-0.39, 0.29) is 30.4 Å². The van der Waals surface area contributed by atoms with Crippen LogP contribution < -0.4 is 0 Å². The third kappa shape index (κ3) is 3.67. The Kier molecular flexibility index (Phi) is 5.44. The number of hydrogen-bond acceptors (Lipinski definition) is 4. The molecule has 2 aliphatic heterocycles. The van der Waals surface area contributed by atoms with Crippen LogP contribution in [0.4, 0.5) is 4.79 Å². The third-order valence-corrected chi connectivity index (χ3v) is 5.90. The summed E-state index contributed by atoms with van der Waals surface area (Å²) >= 11 is 0. The number of ether oxygens (including phenoxy) is 1. The standard InChI is InChI=1S/C23H26N2O3/c1-2-18-14-24(13-17-9-5-3-6-10-17)15-20(18)22(26)25-21(16-28-23(25)27)19-11-7-4-8-12-19/h3-12,18,20-21H,2,13-16H2,1H3/t18-,20+,21+/m0/s1. The normalized spacial score (nSPS) is 25.1. The predicted molar refractivity (Wildman–Crippen MR) is 106 cm³/mol. The molecule has 5 nitrogen and oxygen atoms in total. The van der Waals surface area contributed by atoms with Gasteiger partial charge in [0.2, 0.25) is 5.91 Å². The number of amides is 2. The van der Waals surface area contributed by atoms with Gasteiger partial charge in [0.25, 0.3) is 0 Å². The fourth-order valence-corrected chi connectivity index (χ4v) is 4.39. The maximum Gasteiger partial charge on any atom is 0.417 e. The Morgan fingerprint density at radius 3 is 2.39 bits per heavy atom. The molecule has 2 fully saturated rings. The highest BCUT2D eigenvalue weighted by molar-refractivity contribution is 5.95. The summed E-state index contributed by atoms with van der Waals surface area (Å²) in [4.78, 5) is 29.5. The zero-order chi connectivity index (χ0) is 19.5. The molecule has 0 unspecified atom stereocenters. The van der Waals surface area contributed by atoms with E-state index < -0.39 is 6.09 Å². The first kappa shape index (κ1) is 18.7. The van der Waals surface area contributed by atoms with Crippen molar-refractivity contribution in [3.8, 4) is 0 Å². The lowest BCUT2D eigenvalue weighted by atomic mass is 9.91. The van der Waals surface area contributed by atoms with Gasteiger partial charge in [0.15, 0.2) is 0 Å². The van der Waals surface area contributed by atoms with E-state index in [1.54, 1.807) is 0 Å². The molecule has 0 spiro atoms. The van der Waals surface area contributed by atoms with Crippen molar-refractivity contribution in [2.45, 2.75) is 25.9 Å². The van der Waals surface area contributed by atoms with Crippen molar-refractivity contribution < 1.29 is 14.3 Å². The average Bonchev–Trinajstić information content (AvgIpc) is 3.32. The van der Waals surface area contributed by atoms with E-state index in [2.05, 4.69) is 24.0 Å². The molecule has 28 heavy (non-hydrogen) atoms. The molecule has 0 saturated carbocycles. The molecule has 2 heterocycles. The molecule has 4 rings (SSSR count). The van der Waals surface area contributed by atoms with Gasteiger partial charge in [-0.2, -0.15) is 0 Å². The second-order valence-electron chi connectivity index (χ2n) is 7.67. The fourth-order valence-electron chi connectivity index (χ4n) is 4.39. The van der Waals surface area contributed by atoms with Crippen molar-refractivity contribution in [2.75, 3.05) is 19.7 Å². The highest BCUT2D eigenvalue weighted by Gasteiger charge is 2.46. The number of carbonyl (C=O) groups is 2. The van der Waals surface area contributed by atoms with Crippen LogP contribution in [0, 0.1) is 11.8 Å². The van der Waals surface area contributed by atoms with Crippen molar-refractivity contribution in [3.63, 3.8) is 0 Å².